The minimum atomic E-state index is -1.32. The zero-order valence-electron chi connectivity index (χ0n) is 23.7. The highest BCUT2D eigenvalue weighted by Crippen LogP contribution is 2.48. The van der Waals surface area contributed by atoms with Gasteiger partial charge in [-0.25, -0.2) is 9.18 Å². The van der Waals surface area contributed by atoms with Crippen LogP contribution in [0.5, 0.6) is 5.75 Å². The van der Waals surface area contributed by atoms with Crippen molar-refractivity contribution in [3.8, 4) is 16.9 Å². The molecule has 6 nitrogen and oxygen atoms in total. The van der Waals surface area contributed by atoms with E-state index < -0.39 is 23.5 Å². The van der Waals surface area contributed by atoms with Crippen LogP contribution in [0, 0.1) is 19.7 Å². The first-order chi connectivity index (χ1) is 19.3. The molecule has 1 unspecified atom stereocenters. The Kier molecular flexibility index (Phi) is 7.83. The lowest BCUT2D eigenvalue weighted by molar-refractivity contribution is -0.160. The Labute approximate surface area is 249 Å². The van der Waals surface area contributed by atoms with Crippen LogP contribution in [0.2, 0.25) is 10.0 Å². The molecule has 1 N–H and O–H groups in total. The maximum Gasteiger partial charge on any atom is 0.337 e. The van der Waals surface area contributed by atoms with Gasteiger partial charge in [0.15, 0.2) is 17.7 Å². The van der Waals surface area contributed by atoms with Crippen LogP contribution in [0.3, 0.4) is 0 Å². The monoisotopic (exact) mass is 599 g/mol. The van der Waals surface area contributed by atoms with Gasteiger partial charge < -0.3 is 19.5 Å². The topological polar surface area (TPSA) is 76.1 Å². The molecule has 0 radical (unpaired) electrons. The van der Waals surface area contributed by atoms with Gasteiger partial charge in [0.05, 0.1) is 22.8 Å². The number of carboxylic acids is 1. The number of hydrogen-bond donors (Lipinski definition) is 1. The van der Waals surface area contributed by atoms with Crippen LogP contribution < -0.4 is 9.64 Å². The highest BCUT2D eigenvalue weighted by Gasteiger charge is 2.37. The van der Waals surface area contributed by atoms with Crippen LogP contribution in [0.4, 0.5) is 10.1 Å². The summed E-state index contributed by atoms with van der Waals surface area (Å²) in [6.45, 7) is 9.88. The summed E-state index contributed by atoms with van der Waals surface area (Å²) in [4.78, 5) is 28.1. The standard InChI is InChI=1S/C32H32Cl2FNO5/c1-16-13-25-21(10-11-36(25)30(37)20-9-8-18(33)14-23(20)34)27(26(16)29(31(38)39)41-32(3,4)5)22-15-24(35)28-19(17(22)2)7-6-12-40-28/h8-9,13-15,29H,6-7,10-12H2,1-5H3,(H,38,39). The molecule has 41 heavy (non-hydrogen) atoms. The molecule has 0 bridgehead atoms. The van der Waals surface area contributed by atoms with Crippen molar-refractivity contribution in [3.05, 3.63) is 79.6 Å². The predicted octanol–water partition coefficient (Wildman–Crippen LogP) is 7.89. The highest BCUT2D eigenvalue weighted by molar-refractivity contribution is 6.37. The summed E-state index contributed by atoms with van der Waals surface area (Å²) in [6, 6.07) is 7.97. The summed E-state index contributed by atoms with van der Waals surface area (Å²) in [6.07, 6.45) is 0.520. The van der Waals surface area contributed by atoms with Crippen LogP contribution in [-0.2, 0) is 22.4 Å². The summed E-state index contributed by atoms with van der Waals surface area (Å²) in [5.41, 5.74) is 4.73. The smallest absolute Gasteiger partial charge is 0.337 e. The third-order valence-corrected chi connectivity index (χ3v) is 8.15. The average molecular weight is 601 g/mol. The molecule has 1 atom stereocenters. The van der Waals surface area contributed by atoms with Crippen molar-refractivity contribution in [1.29, 1.82) is 0 Å². The molecule has 2 aliphatic heterocycles. The number of halogens is 3. The fourth-order valence-corrected chi connectivity index (χ4v) is 6.35. The van der Waals surface area contributed by atoms with E-state index >= 15 is 4.39 Å². The van der Waals surface area contributed by atoms with Crippen molar-refractivity contribution < 1.29 is 28.6 Å². The first-order valence-electron chi connectivity index (χ1n) is 13.6. The maximum atomic E-state index is 15.6. The molecule has 0 fully saturated rings. The van der Waals surface area contributed by atoms with Gasteiger partial charge >= 0.3 is 5.97 Å². The molecule has 3 aromatic carbocycles. The number of ether oxygens (including phenoxy) is 2. The van der Waals surface area contributed by atoms with E-state index in [1.165, 1.54) is 12.1 Å². The SMILES string of the molecule is Cc1cc2c(c(-c3cc(F)c4c(c3C)CCCO4)c1C(OC(C)(C)C)C(=O)O)CCN2C(=O)c1ccc(Cl)cc1Cl. The number of nitrogens with zero attached hydrogens (tertiary/aromatic N) is 1. The molecule has 0 saturated heterocycles. The van der Waals surface area contributed by atoms with Crippen LogP contribution in [0.1, 0.15) is 71.5 Å². The van der Waals surface area contributed by atoms with Gasteiger partial charge in [-0.2, -0.15) is 0 Å². The minimum absolute atomic E-state index is 0.238. The average Bonchev–Trinajstić information content (AvgIpc) is 3.31. The van der Waals surface area contributed by atoms with Gasteiger partial charge in [0.2, 0.25) is 0 Å². The minimum Gasteiger partial charge on any atom is -0.490 e. The third-order valence-electron chi connectivity index (χ3n) is 7.60. The van der Waals surface area contributed by atoms with Gasteiger partial charge in [0, 0.05) is 28.4 Å². The fraction of sp³-hybridized carbons (Fsp3) is 0.375. The fourth-order valence-electron chi connectivity index (χ4n) is 5.86. The van der Waals surface area contributed by atoms with E-state index in [0.717, 1.165) is 23.1 Å². The Hall–Kier alpha value is -3.13. The van der Waals surface area contributed by atoms with E-state index in [1.807, 2.05) is 13.0 Å². The Morgan fingerprint density at radius 2 is 1.83 bits per heavy atom. The molecule has 0 aromatic heterocycles. The number of aliphatic carboxylic acids is 1. The maximum absolute atomic E-state index is 15.6. The molecule has 2 heterocycles. The summed E-state index contributed by atoms with van der Waals surface area (Å²) in [7, 11) is 0. The molecule has 1 amide bonds. The van der Waals surface area contributed by atoms with Crippen molar-refractivity contribution in [2.24, 2.45) is 0 Å². The Balaban J connectivity index is 1.78. The zero-order valence-corrected chi connectivity index (χ0v) is 25.2. The molecule has 9 heteroatoms. The van der Waals surface area contributed by atoms with E-state index in [2.05, 4.69) is 0 Å². The lowest BCUT2D eigenvalue weighted by atomic mass is 9.83. The molecule has 0 spiro atoms. The van der Waals surface area contributed by atoms with Crippen LogP contribution in [0.25, 0.3) is 11.1 Å². The third kappa shape index (κ3) is 5.43. The normalized spacial score (nSPS) is 15.3. The predicted molar refractivity (Wildman–Crippen MR) is 158 cm³/mol. The lowest BCUT2D eigenvalue weighted by Gasteiger charge is -2.30. The molecular formula is C32H32Cl2FNO5. The Morgan fingerprint density at radius 1 is 1.10 bits per heavy atom. The molecule has 5 rings (SSSR count). The number of carbonyl (C=O) groups excluding carboxylic acids is 1. The number of benzene rings is 3. The van der Waals surface area contributed by atoms with Crippen molar-refractivity contribution in [2.75, 3.05) is 18.1 Å². The van der Waals surface area contributed by atoms with E-state index in [4.69, 9.17) is 32.7 Å². The number of hydrogen-bond acceptors (Lipinski definition) is 4. The second kappa shape index (κ2) is 10.9. The number of rotatable bonds is 5. The molecule has 0 saturated carbocycles. The van der Waals surface area contributed by atoms with Crippen molar-refractivity contribution >= 4 is 40.8 Å². The highest BCUT2D eigenvalue weighted by atomic mass is 35.5. The summed E-state index contributed by atoms with van der Waals surface area (Å²) < 4.78 is 27.3. The molecule has 3 aromatic rings. The molecular weight excluding hydrogens is 568 g/mol. The van der Waals surface area contributed by atoms with Crippen LogP contribution >= 0.6 is 23.2 Å². The first kappa shape index (κ1) is 29.4. The summed E-state index contributed by atoms with van der Waals surface area (Å²) in [5.74, 6) is -1.70. The number of carboxylic acid groups (broad SMARTS) is 1. The first-order valence-corrected chi connectivity index (χ1v) is 14.3. The van der Waals surface area contributed by atoms with Gasteiger partial charge in [0.1, 0.15) is 0 Å². The van der Waals surface area contributed by atoms with Gasteiger partial charge in [-0.05, 0) is 112 Å². The molecule has 0 aliphatic carbocycles. The van der Waals surface area contributed by atoms with E-state index in [0.29, 0.717) is 64.5 Å². The van der Waals surface area contributed by atoms with Gasteiger partial charge in [0.25, 0.3) is 5.91 Å². The Bertz CT molecular complexity index is 1580. The number of anilines is 1. The van der Waals surface area contributed by atoms with Crippen molar-refractivity contribution in [3.63, 3.8) is 0 Å². The van der Waals surface area contributed by atoms with E-state index in [-0.39, 0.29) is 16.7 Å². The second-order valence-corrected chi connectivity index (χ2v) is 12.4. The van der Waals surface area contributed by atoms with E-state index in [9.17, 15) is 14.7 Å². The number of amides is 1. The van der Waals surface area contributed by atoms with Crippen LogP contribution in [0.15, 0.2) is 30.3 Å². The number of carbonyl (C=O) groups is 2. The van der Waals surface area contributed by atoms with Crippen molar-refractivity contribution in [1.82, 2.24) is 0 Å². The zero-order chi connectivity index (χ0) is 29.8. The Morgan fingerprint density at radius 3 is 2.49 bits per heavy atom. The largest absolute Gasteiger partial charge is 0.490 e. The van der Waals surface area contributed by atoms with Crippen LogP contribution in [-0.4, -0.2) is 35.7 Å². The lowest BCUT2D eigenvalue weighted by Crippen LogP contribution is -2.30. The van der Waals surface area contributed by atoms with Gasteiger partial charge in [-0.15, -0.1) is 0 Å². The quantitative estimate of drug-likeness (QED) is 0.323. The summed E-state index contributed by atoms with van der Waals surface area (Å²) >= 11 is 12.4. The number of fused-ring (bicyclic) bond motifs is 2. The molecule has 2 aliphatic rings. The van der Waals surface area contributed by atoms with Crippen molar-refractivity contribution in [2.45, 2.75) is 65.6 Å². The second-order valence-electron chi connectivity index (χ2n) is 11.5. The molecule has 216 valence electrons. The number of aryl methyl sites for hydroxylation is 1. The van der Waals surface area contributed by atoms with Gasteiger partial charge in [-0.3, -0.25) is 4.79 Å². The summed E-state index contributed by atoms with van der Waals surface area (Å²) in [5, 5.41) is 11.0. The van der Waals surface area contributed by atoms with Gasteiger partial charge in [-0.1, -0.05) is 23.2 Å². The van der Waals surface area contributed by atoms with E-state index in [1.54, 1.807) is 44.7 Å².